The van der Waals surface area contributed by atoms with E-state index in [0.717, 1.165) is 32.1 Å². The fourth-order valence-corrected chi connectivity index (χ4v) is 1.70. The SMILES string of the molecule is CCC=CCC=CC=CC(CCCCC(=O)OC)OC. The van der Waals surface area contributed by atoms with E-state index in [4.69, 9.17) is 4.74 Å². The molecule has 0 fully saturated rings. The smallest absolute Gasteiger partial charge is 0.305 e. The number of ether oxygens (including phenoxy) is 2. The zero-order chi connectivity index (χ0) is 15.1. The van der Waals surface area contributed by atoms with Crippen LogP contribution in [0.25, 0.3) is 0 Å². The van der Waals surface area contributed by atoms with Crippen molar-refractivity contribution in [3.8, 4) is 0 Å². The lowest BCUT2D eigenvalue weighted by Gasteiger charge is -2.09. The first kappa shape index (κ1) is 18.7. The van der Waals surface area contributed by atoms with E-state index in [0.29, 0.717) is 6.42 Å². The van der Waals surface area contributed by atoms with Gasteiger partial charge in [-0.25, -0.2) is 0 Å². The summed E-state index contributed by atoms with van der Waals surface area (Å²) in [6.45, 7) is 2.13. The van der Waals surface area contributed by atoms with E-state index in [1.54, 1.807) is 7.11 Å². The van der Waals surface area contributed by atoms with Gasteiger partial charge in [0.05, 0.1) is 13.2 Å². The van der Waals surface area contributed by atoms with E-state index in [9.17, 15) is 4.79 Å². The number of allylic oxidation sites excluding steroid dienone is 5. The molecular weight excluding hydrogens is 252 g/mol. The molecule has 0 aromatic carbocycles. The normalized spacial score (nSPS) is 13.6. The fourth-order valence-electron chi connectivity index (χ4n) is 1.70. The molecule has 0 aliphatic carbocycles. The largest absolute Gasteiger partial charge is 0.469 e. The van der Waals surface area contributed by atoms with Gasteiger partial charge in [0.15, 0.2) is 0 Å². The van der Waals surface area contributed by atoms with Gasteiger partial charge < -0.3 is 9.47 Å². The van der Waals surface area contributed by atoms with Gasteiger partial charge in [-0.1, -0.05) is 43.4 Å². The highest BCUT2D eigenvalue weighted by Gasteiger charge is 2.04. The van der Waals surface area contributed by atoms with E-state index < -0.39 is 0 Å². The molecule has 0 heterocycles. The third-order valence-electron chi connectivity index (χ3n) is 2.90. The molecule has 0 aromatic rings. The number of unbranched alkanes of at least 4 members (excludes halogenated alkanes) is 1. The Morgan fingerprint density at radius 1 is 1.10 bits per heavy atom. The summed E-state index contributed by atoms with van der Waals surface area (Å²) in [5, 5.41) is 0. The zero-order valence-corrected chi connectivity index (χ0v) is 13.0. The van der Waals surface area contributed by atoms with Crippen molar-refractivity contribution in [1.29, 1.82) is 0 Å². The Balaban J connectivity index is 3.79. The number of carbonyl (C=O) groups excluding carboxylic acids is 1. The molecule has 0 aromatic heterocycles. The first-order valence-electron chi connectivity index (χ1n) is 7.32. The van der Waals surface area contributed by atoms with Gasteiger partial charge in [-0.05, 0) is 32.1 Å². The molecule has 0 aliphatic rings. The van der Waals surface area contributed by atoms with Crippen LogP contribution in [0.5, 0.6) is 0 Å². The summed E-state index contributed by atoms with van der Waals surface area (Å²) in [5.41, 5.74) is 0. The number of hydrogen-bond acceptors (Lipinski definition) is 3. The van der Waals surface area contributed by atoms with Crippen LogP contribution in [0, 0.1) is 0 Å². The van der Waals surface area contributed by atoms with Crippen molar-refractivity contribution in [2.75, 3.05) is 14.2 Å². The maximum atomic E-state index is 11.0. The summed E-state index contributed by atoms with van der Waals surface area (Å²) >= 11 is 0. The quantitative estimate of drug-likeness (QED) is 0.246. The van der Waals surface area contributed by atoms with Crippen molar-refractivity contribution < 1.29 is 14.3 Å². The molecule has 3 heteroatoms. The topological polar surface area (TPSA) is 35.5 Å². The maximum Gasteiger partial charge on any atom is 0.305 e. The van der Waals surface area contributed by atoms with Gasteiger partial charge in [0.1, 0.15) is 0 Å². The van der Waals surface area contributed by atoms with Gasteiger partial charge in [-0.15, -0.1) is 0 Å². The summed E-state index contributed by atoms with van der Waals surface area (Å²) in [5.74, 6) is -0.141. The highest BCUT2D eigenvalue weighted by atomic mass is 16.5. The predicted octanol–water partition coefficient (Wildman–Crippen LogP) is 4.20. The Kier molecular flexibility index (Phi) is 13.1. The number of esters is 1. The van der Waals surface area contributed by atoms with Crippen LogP contribution in [0.3, 0.4) is 0 Å². The fraction of sp³-hybridized carbons (Fsp3) is 0.588. The maximum absolute atomic E-state index is 11.0. The third kappa shape index (κ3) is 11.7. The van der Waals surface area contributed by atoms with Crippen LogP contribution in [0.1, 0.15) is 45.4 Å². The molecule has 0 radical (unpaired) electrons. The van der Waals surface area contributed by atoms with Gasteiger partial charge >= 0.3 is 5.97 Å². The Morgan fingerprint density at radius 2 is 1.90 bits per heavy atom. The van der Waals surface area contributed by atoms with Crippen molar-refractivity contribution >= 4 is 5.97 Å². The molecule has 0 bridgehead atoms. The number of carbonyl (C=O) groups is 1. The highest BCUT2D eigenvalue weighted by Crippen LogP contribution is 2.08. The lowest BCUT2D eigenvalue weighted by atomic mass is 10.1. The third-order valence-corrected chi connectivity index (χ3v) is 2.90. The van der Waals surface area contributed by atoms with Crippen molar-refractivity contribution in [3.63, 3.8) is 0 Å². The summed E-state index contributed by atoms with van der Waals surface area (Å²) in [7, 11) is 3.13. The molecule has 0 aliphatic heterocycles. The summed E-state index contributed by atoms with van der Waals surface area (Å²) in [6.07, 6.45) is 17.9. The lowest BCUT2D eigenvalue weighted by Crippen LogP contribution is -2.07. The number of methoxy groups -OCH3 is 2. The molecule has 1 atom stereocenters. The minimum Gasteiger partial charge on any atom is -0.469 e. The summed E-state index contributed by atoms with van der Waals surface area (Å²) in [6, 6.07) is 0. The molecule has 0 saturated heterocycles. The van der Waals surface area contributed by atoms with Crippen molar-refractivity contribution in [2.45, 2.75) is 51.6 Å². The molecule has 114 valence electrons. The minimum absolute atomic E-state index is 0.114. The van der Waals surface area contributed by atoms with Gasteiger partial charge in [0.2, 0.25) is 0 Å². The second-order valence-corrected chi connectivity index (χ2v) is 4.52. The molecule has 1 unspecified atom stereocenters. The minimum atomic E-state index is -0.141. The Labute approximate surface area is 123 Å². The van der Waals surface area contributed by atoms with Crippen LogP contribution in [0.2, 0.25) is 0 Å². The molecule has 20 heavy (non-hydrogen) atoms. The zero-order valence-electron chi connectivity index (χ0n) is 13.0. The monoisotopic (exact) mass is 280 g/mol. The lowest BCUT2D eigenvalue weighted by molar-refractivity contribution is -0.140. The van der Waals surface area contributed by atoms with Gasteiger partial charge in [-0.2, -0.15) is 0 Å². The van der Waals surface area contributed by atoms with Crippen LogP contribution < -0.4 is 0 Å². The van der Waals surface area contributed by atoms with E-state index in [1.165, 1.54) is 7.11 Å². The standard InChI is InChI=1S/C17H28O3/c1-4-5-6-7-8-9-10-13-16(19-2)14-11-12-15-17(18)20-3/h5-6,8-10,13,16H,4,7,11-12,14-15H2,1-3H3. The van der Waals surface area contributed by atoms with Crippen molar-refractivity contribution in [1.82, 2.24) is 0 Å². The summed E-state index contributed by atoms with van der Waals surface area (Å²) < 4.78 is 9.98. The van der Waals surface area contributed by atoms with Crippen LogP contribution in [-0.4, -0.2) is 26.3 Å². The van der Waals surface area contributed by atoms with Crippen LogP contribution in [-0.2, 0) is 14.3 Å². The van der Waals surface area contributed by atoms with Crippen molar-refractivity contribution in [2.24, 2.45) is 0 Å². The highest BCUT2D eigenvalue weighted by molar-refractivity contribution is 5.68. The molecule has 3 nitrogen and oxygen atoms in total. The Bertz CT molecular complexity index is 316. The molecule has 0 saturated carbocycles. The van der Waals surface area contributed by atoms with E-state index in [1.807, 2.05) is 12.2 Å². The van der Waals surface area contributed by atoms with E-state index in [-0.39, 0.29) is 12.1 Å². The Morgan fingerprint density at radius 3 is 2.55 bits per heavy atom. The van der Waals surface area contributed by atoms with Crippen LogP contribution in [0.4, 0.5) is 0 Å². The Hall–Kier alpha value is -1.35. The average molecular weight is 280 g/mol. The second-order valence-electron chi connectivity index (χ2n) is 4.52. The second kappa shape index (κ2) is 14.1. The first-order chi connectivity index (χ1) is 9.74. The summed E-state index contributed by atoms with van der Waals surface area (Å²) in [4.78, 5) is 11.0. The van der Waals surface area contributed by atoms with Gasteiger partial charge in [0, 0.05) is 13.5 Å². The number of hydrogen-bond donors (Lipinski definition) is 0. The molecular formula is C17H28O3. The van der Waals surface area contributed by atoms with Crippen LogP contribution >= 0.6 is 0 Å². The van der Waals surface area contributed by atoms with Gasteiger partial charge in [0.25, 0.3) is 0 Å². The van der Waals surface area contributed by atoms with Crippen molar-refractivity contribution in [3.05, 3.63) is 36.5 Å². The predicted molar refractivity (Wildman–Crippen MR) is 83.6 cm³/mol. The van der Waals surface area contributed by atoms with Gasteiger partial charge in [-0.3, -0.25) is 4.79 Å². The molecule has 0 amide bonds. The van der Waals surface area contributed by atoms with Crippen LogP contribution in [0.15, 0.2) is 36.5 Å². The first-order valence-corrected chi connectivity index (χ1v) is 7.32. The average Bonchev–Trinajstić information content (AvgIpc) is 2.48. The molecule has 0 N–H and O–H groups in total. The number of rotatable bonds is 11. The molecule has 0 spiro atoms. The van der Waals surface area contributed by atoms with E-state index >= 15 is 0 Å². The van der Waals surface area contributed by atoms with E-state index in [2.05, 4.69) is 36.0 Å². The molecule has 0 rings (SSSR count).